The third-order valence-corrected chi connectivity index (χ3v) is 3.52. The van der Waals surface area contributed by atoms with Crippen molar-refractivity contribution in [1.82, 2.24) is 9.55 Å². The minimum Gasteiger partial charge on any atom is -0.478 e. The number of benzene rings is 1. The van der Waals surface area contributed by atoms with Crippen LogP contribution in [-0.4, -0.2) is 20.6 Å². The Hall–Kier alpha value is -2.62. The molecule has 4 nitrogen and oxygen atoms in total. The van der Waals surface area contributed by atoms with Crippen LogP contribution in [0.15, 0.2) is 48.8 Å². The highest BCUT2D eigenvalue weighted by atomic mass is 16.4. The lowest BCUT2D eigenvalue weighted by Crippen LogP contribution is -2.04. The lowest BCUT2D eigenvalue weighted by atomic mass is 10.2. The number of aromatic nitrogens is 2. The van der Waals surface area contributed by atoms with Crippen LogP contribution in [0.2, 0.25) is 0 Å². The Morgan fingerprint density at radius 3 is 2.70 bits per heavy atom. The molecular formula is C16H14N2O2. The molecule has 0 amide bonds. The van der Waals surface area contributed by atoms with Gasteiger partial charge in [-0.15, -0.1) is 0 Å². The highest BCUT2D eigenvalue weighted by molar-refractivity contribution is 6.04. The molecule has 2 aromatic heterocycles. The zero-order valence-corrected chi connectivity index (χ0v) is 11.1. The van der Waals surface area contributed by atoms with E-state index in [1.54, 1.807) is 18.5 Å². The van der Waals surface area contributed by atoms with Crippen molar-refractivity contribution < 1.29 is 9.90 Å². The SMILES string of the molecule is Cc1c(C(=O)O)c2ccncc2n1Cc1ccccc1. The molecule has 100 valence electrons. The molecule has 0 fully saturated rings. The molecule has 0 aliphatic carbocycles. The molecule has 0 saturated heterocycles. The average Bonchev–Trinajstić information content (AvgIpc) is 2.73. The van der Waals surface area contributed by atoms with Crippen molar-refractivity contribution in [2.45, 2.75) is 13.5 Å². The van der Waals surface area contributed by atoms with Gasteiger partial charge in [0.2, 0.25) is 0 Å². The summed E-state index contributed by atoms with van der Waals surface area (Å²) in [6, 6.07) is 11.7. The van der Waals surface area contributed by atoms with Crippen LogP contribution in [0, 0.1) is 6.92 Å². The van der Waals surface area contributed by atoms with Crippen LogP contribution >= 0.6 is 0 Å². The number of nitrogens with zero attached hydrogens (tertiary/aromatic N) is 2. The van der Waals surface area contributed by atoms with Gasteiger partial charge < -0.3 is 9.67 Å². The second-order valence-corrected chi connectivity index (χ2v) is 4.73. The fourth-order valence-electron chi connectivity index (χ4n) is 2.56. The van der Waals surface area contributed by atoms with Crippen LogP contribution in [0.5, 0.6) is 0 Å². The monoisotopic (exact) mass is 266 g/mol. The standard InChI is InChI=1S/C16H14N2O2/c1-11-15(16(19)20)13-7-8-17-9-14(13)18(11)10-12-5-3-2-4-6-12/h2-9H,10H2,1H3,(H,19,20). The molecule has 3 aromatic rings. The normalized spacial score (nSPS) is 10.8. The molecule has 0 radical (unpaired) electrons. The summed E-state index contributed by atoms with van der Waals surface area (Å²) >= 11 is 0. The topological polar surface area (TPSA) is 55.1 Å². The minimum atomic E-state index is -0.898. The number of carbonyl (C=O) groups is 1. The van der Waals surface area contributed by atoms with E-state index in [9.17, 15) is 9.90 Å². The first-order valence-electron chi connectivity index (χ1n) is 6.38. The maximum Gasteiger partial charge on any atom is 0.338 e. The molecule has 0 bridgehead atoms. The smallest absolute Gasteiger partial charge is 0.338 e. The minimum absolute atomic E-state index is 0.360. The van der Waals surface area contributed by atoms with Gasteiger partial charge in [0.05, 0.1) is 17.3 Å². The Morgan fingerprint density at radius 1 is 1.25 bits per heavy atom. The molecule has 0 spiro atoms. The first-order valence-corrected chi connectivity index (χ1v) is 6.38. The summed E-state index contributed by atoms with van der Waals surface area (Å²) in [6.45, 7) is 2.48. The molecule has 0 aliphatic heterocycles. The van der Waals surface area contributed by atoms with Crippen LogP contribution in [0.25, 0.3) is 10.9 Å². The van der Waals surface area contributed by atoms with Gasteiger partial charge >= 0.3 is 5.97 Å². The zero-order chi connectivity index (χ0) is 14.1. The number of rotatable bonds is 3. The molecule has 0 atom stereocenters. The fourth-order valence-corrected chi connectivity index (χ4v) is 2.56. The Kier molecular flexibility index (Phi) is 2.99. The fraction of sp³-hybridized carbons (Fsp3) is 0.125. The molecule has 4 heteroatoms. The second kappa shape index (κ2) is 4.81. The molecule has 2 heterocycles. The van der Waals surface area contributed by atoms with Crippen LogP contribution in [0.1, 0.15) is 21.6 Å². The van der Waals surface area contributed by atoms with E-state index in [-0.39, 0.29) is 0 Å². The van der Waals surface area contributed by atoms with E-state index in [1.807, 2.05) is 41.8 Å². The van der Waals surface area contributed by atoms with Crippen LogP contribution in [0.4, 0.5) is 0 Å². The molecule has 1 N–H and O–H groups in total. The maximum absolute atomic E-state index is 11.5. The number of hydrogen-bond donors (Lipinski definition) is 1. The van der Waals surface area contributed by atoms with E-state index in [0.717, 1.165) is 22.2 Å². The highest BCUT2D eigenvalue weighted by Crippen LogP contribution is 2.26. The van der Waals surface area contributed by atoms with Gasteiger partial charge in [-0.25, -0.2) is 4.79 Å². The summed E-state index contributed by atoms with van der Waals surface area (Å²) in [7, 11) is 0. The van der Waals surface area contributed by atoms with Crippen molar-refractivity contribution in [3.8, 4) is 0 Å². The summed E-state index contributed by atoms with van der Waals surface area (Å²) in [5.74, 6) is -0.898. The highest BCUT2D eigenvalue weighted by Gasteiger charge is 2.19. The van der Waals surface area contributed by atoms with Gasteiger partial charge in [-0.3, -0.25) is 4.98 Å². The predicted molar refractivity (Wildman–Crippen MR) is 77.0 cm³/mol. The summed E-state index contributed by atoms with van der Waals surface area (Å²) < 4.78 is 2.00. The van der Waals surface area contributed by atoms with Crippen LogP contribution in [-0.2, 0) is 6.54 Å². The largest absolute Gasteiger partial charge is 0.478 e. The van der Waals surface area contributed by atoms with Crippen molar-refractivity contribution in [1.29, 1.82) is 0 Å². The van der Waals surface area contributed by atoms with E-state index in [0.29, 0.717) is 12.1 Å². The predicted octanol–water partition coefficient (Wildman–Crippen LogP) is 3.09. The molecule has 20 heavy (non-hydrogen) atoms. The molecule has 0 saturated carbocycles. The van der Waals surface area contributed by atoms with Gasteiger partial charge in [-0.05, 0) is 18.6 Å². The molecule has 3 rings (SSSR count). The Bertz CT molecular complexity index is 776. The Morgan fingerprint density at radius 2 is 2.00 bits per heavy atom. The number of carboxylic acid groups (broad SMARTS) is 1. The summed E-state index contributed by atoms with van der Waals surface area (Å²) in [4.78, 5) is 15.6. The Labute approximate surface area is 116 Å². The summed E-state index contributed by atoms with van der Waals surface area (Å²) in [5.41, 5.74) is 3.10. The maximum atomic E-state index is 11.5. The third-order valence-electron chi connectivity index (χ3n) is 3.52. The lowest BCUT2D eigenvalue weighted by Gasteiger charge is -2.08. The van der Waals surface area contributed by atoms with Gasteiger partial charge in [0, 0.05) is 23.8 Å². The van der Waals surface area contributed by atoms with E-state index in [4.69, 9.17) is 0 Å². The van der Waals surface area contributed by atoms with Crippen molar-refractivity contribution in [3.63, 3.8) is 0 Å². The van der Waals surface area contributed by atoms with Crippen molar-refractivity contribution in [3.05, 3.63) is 65.6 Å². The molecule has 0 aliphatic rings. The van der Waals surface area contributed by atoms with E-state index in [2.05, 4.69) is 4.98 Å². The number of carboxylic acids is 1. The van der Waals surface area contributed by atoms with Crippen LogP contribution < -0.4 is 0 Å². The number of hydrogen-bond acceptors (Lipinski definition) is 2. The van der Waals surface area contributed by atoms with Gasteiger partial charge in [0.15, 0.2) is 0 Å². The average molecular weight is 266 g/mol. The van der Waals surface area contributed by atoms with Gasteiger partial charge in [0.1, 0.15) is 0 Å². The first kappa shape index (κ1) is 12.4. The molecule has 1 aromatic carbocycles. The zero-order valence-electron chi connectivity index (χ0n) is 11.1. The molecular weight excluding hydrogens is 252 g/mol. The van der Waals surface area contributed by atoms with Crippen molar-refractivity contribution >= 4 is 16.9 Å². The van der Waals surface area contributed by atoms with Crippen molar-refractivity contribution in [2.75, 3.05) is 0 Å². The summed E-state index contributed by atoms with van der Waals surface area (Å²) in [5, 5.41) is 10.1. The molecule has 0 unspecified atom stereocenters. The van der Waals surface area contributed by atoms with Gasteiger partial charge in [-0.2, -0.15) is 0 Å². The van der Waals surface area contributed by atoms with Crippen molar-refractivity contribution in [2.24, 2.45) is 0 Å². The number of pyridine rings is 1. The quantitative estimate of drug-likeness (QED) is 0.792. The van der Waals surface area contributed by atoms with E-state index in [1.165, 1.54) is 0 Å². The lowest BCUT2D eigenvalue weighted by molar-refractivity contribution is 0.0698. The second-order valence-electron chi connectivity index (χ2n) is 4.73. The van der Waals surface area contributed by atoms with Gasteiger partial charge in [-0.1, -0.05) is 30.3 Å². The van der Waals surface area contributed by atoms with E-state index >= 15 is 0 Å². The van der Waals surface area contributed by atoms with Crippen LogP contribution in [0.3, 0.4) is 0 Å². The first-order chi connectivity index (χ1) is 9.68. The Balaban J connectivity index is 2.20. The number of aromatic carboxylic acids is 1. The summed E-state index contributed by atoms with van der Waals surface area (Å²) in [6.07, 6.45) is 3.35. The van der Waals surface area contributed by atoms with Gasteiger partial charge in [0.25, 0.3) is 0 Å². The number of fused-ring (bicyclic) bond motifs is 1. The third kappa shape index (κ3) is 1.95. The van der Waals surface area contributed by atoms with E-state index < -0.39 is 5.97 Å².